The normalized spacial score (nSPS) is 12.3. The average Bonchev–Trinajstić information content (AvgIpc) is 3.09. The summed E-state index contributed by atoms with van der Waals surface area (Å²) in [5.41, 5.74) is 2.17. The van der Waals surface area contributed by atoms with E-state index in [1.807, 2.05) is 30.5 Å². The van der Waals surface area contributed by atoms with E-state index >= 15 is 0 Å². The van der Waals surface area contributed by atoms with Crippen molar-refractivity contribution in [2.24, 2.45) is 0 Å². The molecule has 8 nitrogen and oxygen atoms in total. The largest absolute Gasteiger partial charge is 0.508 e. The van der Waals surface area contributed by atoms with Crippen molar-refractivity contribution >= 4 is 45.5 Å². The van der Waals surface area contributed by atoms with Gasteiger partial charge in [-0.1, -0.05) is 6.92 Å². The maximum absolute atomic E-state index is 10.1. The maximum atomic E-state index is 10.1. The molecule has 1 aromatic carbocycles. The summed E-state index contributed by atoms with van der Waals surface area (Å²) in [5.74, 6) is 1.26. The van der Waals surface area contributed by atoms with Gasteiger partial charge in [-0.25, -0.2) is 4.98 Å². The van der Waals surface area contributed by atoms with Crippen molar-refractivity contribution in [3.05, 3.63) is 33.7 Å². The first-order chi connectivity index (χ1) is 13.0. The number of nitrogens with zero attached hydrogens (tertiary/aromatic N) is 4. The van der Waals surface area contributed by atoms with Gasteiger partial charge in [0.15, 0.2) is 17.0 Å². The molecule has 27 heavy (non-hydrogen) atoms. The lowest BCUT2D eigenvalue weighted by Gasteiger charge is -2.15. The van der Waals surface area contributed by atoms with E-state index in [0.29, 0.717) is 23.8 Å². The fourth-order valence-electron chi connectivity index (χ4n) is 2.70. The first kappa shape index (κ1) is 19.6. The molecule has 0 radical (unpaired) electrons. The van der Waals surface area contributed by atoms with Gasteiger partial charge in [-0.3, -0.25) is 0 Å². The molecule has 3 rings (SSSR count). The molecule has 2 heterocycles. The second kappa shape index (κ2) is 8.70. The van der Waals surface area contributed by atoms with Crippen molar-refractivity contribution in [1.82, 2.24) is 19.5 Å². The molecular weight excluding hydrogens is 459 g/mol. The van der Waals surface area contributed by atoms with E-state index in [9.17, 15) is 10.2 Å². The smallest absolute Gasteiger partial charge is 0.227 e. The lowest BCUT2D eigenvalue weighted by Crippen LogP contribution is -2.24. The van der Waals surface area contributed by atoms with Crippen LogP contribution in [0.4, 0.5) is 11.8 Å². The Bertz CT molecular complexity index is 926. The topological polar surface area (TPSA) is 108 Å². The number of nitrogens with one attached hydrogen (secondary N) is 2. The van der Waals surface area contributed by atoms with Crippen LogP contribution in [0.1, 0.15) is 25.8 Å². The molecule has 0 amide bonds. The fraction of sp³-hybridized carbons (Fsp3) is 0.389. The first-order valence-electron chi connectivity index (χ1n) is 8.87. The molecule has 9 heteroatoms. The monoisotopic (exact) mass is 482 g/mol. The van der Waals surface area contributed by atoms with Gasteiger partial charge < -0.3 is 25.4 Å². The van der Waals surface area contributed by atoms with Gasteiger partial charge in [-0.05, 0) is 54.1 Å². The second-order valence-electron chi connectivity index (χ2n) is 6.16. The summed E-state index contributed by atoms with van der Waals surface area (Å²) >= 11 is 2.21. The third-order valence-electron chi connectivity index (χ3n) is 4.34. The summed E-state index contributed by atoms with van der Waals surface area (Å²) in [6.07, 6.45) is 2.49. The van der Waals surface area contributed by atoms with Crippen molar-refractivity contribution in [2.45, 2.75) is 39.4 Å². The molecule has 3 aromatic rings. The number of aryl methyl sites for hydroxylation is 1. The van der Waals surface area contributed by atoms with Crippen LogP contribution in [0.5, 0.6) is 5.75 Å². The number of aliphatic hydroxyl groups is 1. The van der Waals surface area contributed by atoms with E-state index in [1.165, 1.54) is 0 Å². The molecule has 0 saturated heterocycles. The molecule has 0 saturated carbocycles. The third-order valence-corrected chi connectivity index (χ3v) is 5.01. The number of imidazole rings is 1. The van der Waals surface area contributed by atoms with Gasteiger partial charge in [-0.15, -0.1) is 0 Å². The Labute approximate surface area is 171 Å². The molecule has 0 fully saturated rings. The fourth-order valence-corrected chi connectivity index (χ4v) is 3.25. The highest BCUT2D eigenvalue weighted by Crippen LogP contribution is 2.24. The predicted octanol–water partition coefficient (Wildman–Crippen LogP) is 2.95. The summed E-state index contributed by atoms with van der Waals surface area (Å²) in [5, 5.41) is 26.0. The van der Waals surface area contributed by atoms with Gasteiger partial charge in [0.2, 0.25) is 5.95 Å². The van der Waals surface area contributed by atoms with Crippen molar-refractivity contribution in [3.8, 4) is 5.75 Å². The van der Waals surface area contributed by atoms with Gasteiger partial charge in [0.25, 0.3) is 0 Å². The molecule has 0 aliphatic heterocycles. The van der Waals surface area contributed by atoms with Crippen LogP contribution >= 0.6 is 22.6 Å². The van der Waals surface area contributed by atoms with Crippen LogP contribution in [0.2, 0.25) is 0 Å². The number of phenolic OH excluding ortho intramolecular Hbond substituents is 1. The number of aromatic nitrogens is 4. The second-order valence-corrected chi connectivity index (χ2v) is 7.40. The zero-order valence-corrected chi connectivity index (χ0v) is 17.4. The van der Waals surface area contributed by atoms with E-state index in [2.05, 4.69) is 48.2 Å². The van der Waals surface area contributed by atoms with Crippen LogP contribution in [0, 0.1) is 3.57 Å². The third kappa shape index (κ3) is 4.41. The maximum Gasteiger partial charge on any atom is 0.227 e. The number of anilines is 2. The standard InChI is InChI=1S/C18H23IN6O2/c1-3-13(9-26)22-18-23-16(15-17(24-18)25(4-2)10-21-15)20-8-11-7-12(19)5-6-14(11)27/h5-7,10,13,26-27H,3-4,8-9H2,1-2H3,(H2,20,22,23,24). The van der Waals surface area contributed by atoms with Gasteiger partial charge in [-0.2, -0.15) is 9.97 Å². The Balaban J connectivity index is 1.94. The molecule has 0 bridgehead atoms. The lowest BCUT2D eigenvalue weighted by atomic mass is 10.2. The van der Waals surface area contributed by atoms with Crippen molar-refractivity contribution in [1.29, 1.82) is 0 Å². The van der Waals surface area contributed by atoms with E-state index in [-0.39, 0.29) is 18.4 Å². The van der Waals surface area contributed by atoms with Crippen LogP contribution in [0.25, 0.3) is 11.2 Å². The van der Waals surface area contributed by atoms with Gasteiger partial charge in [0.1, 0.15) is 5.75 Å². The van der Waals surface area contributed by atoms with E-state index in [0.717, 1.165) is 27.7 Å². The molecule has 4 N–H and O–H groups in total. The molecule has 1 atom stereocenters. The van der Waals surface area contributed by atoms with Crippen LogP contribution in [0.3, 0.4) is 0 Å². The highest BCUT2D eigenvalue weighted by atomic mass is 127. The van der Waals surface area contributed by atoms with Crippen molar-refractivity contribution < 1.29 is 10.2 Å². The Morgan fingerprint density at radius 2 is 2.07 bits per heavy atom. The Kier molecular flexibility index (Phi) is 6.32. The predicted molar refractivity (Wildman–Crippen MR) is 114 cm³/mol. The number of fused-ring (bicyclic) bond motifs is 1. The number of hydrogen-bond donors (Lipinski definition) is 4. The summed E-state index contributed by atoms with van der Waals surface area (Å²) in [4.78, 5) is 13.5. The summed E-state index contributed by atoms with van der Waals surface area (Å²) in [7, 11) is 0. The molecule has 1 unspecified atom stereocenters. The quantitative estimate of drug-likeness (QED) is 0.366. The van der Waals surface area contributed by atoms with Crippen LogP contribution in [-0.2, 0) is 13.1 Å². The zero-order valence-electron chi connectivity index (χ0n) is 15.3. The number of hydrogen-bond acceptors (Lipinski definition) is 7. The van der Waals surface area contributed by atoms with Gasteiger partial charge in [0.05, 0.1) is 19.0 Å². The molecule has 0 aliphatic rings. The zero-order chi connectivity index (χ0) is 19.4. The van der Waals surface area contributed by atoms with Crippen LogP contribution in [-0.4, -0.2) is 42.4 Å². The molecule has 0 aliphatic carbocycles. The SMILES string of the molecule is CCC(CO)Nc1nc(NCc2cc(I)ccc2O)c2ncn(CC)c2n1. The van der Waals surface area contributed by atoms with E-state index in [1.54, 1.807) is 12.4 Å². The van der Waals surface area contributed by atoms with Gasteiger partial charge >= 0.3 is 0 Å². The summed E-state index contributed by atoms with van der Waals surface area (Å²) in [6, 6.07) is 5.34. The highest BCUT2D eigenvalue weighted by molar-refractivity contribution is 14.1. The average molecular weight is 482 g/mol. The molecular formula is C18H23IN6O2. The minimum atomic E-state index is -0.118. The summed E-state index contributed by atoms with van der Waals surface area (Å²) < 4.78 is 2.98. The van der Waals surface area contributed by atoms with E-state index in [4.69, 9.17) is 0 Å². The summed E-state index contributed by atoms with van der Waals surface area (Å²) in [6.45, 7) is 5.16. The number of aliphatic hydroxyl groups excluding tert-OH is 1. The van der Waals surface area contributed by atoms with Crippen LogP contribution < -0.4 is 10.6 Å². The number of halogens is 1. The number of rotatable bonds is 8. The van der Waals surface area contributed by atoms with Crippen LogP contribution in [0.15, 0.2) is 24.5 Å². The number of phenols is 1. The molecule has 144 valence electrons. The molecule has 2 aromatic heterocycles. The minimum Gasteiger partial charge on any atom is -0.508 e. The number of benzene rings is 1. The van der Waals surface area contributed by atoms with E-state index < -0.39 is 0 Å². The Morgan fingerprint density at radius 1 is 1.26 bits per heavy atom. The van der Waals surface area contributed by atoms with Crippen molar-refractivity contribution in [2.75, 3.05) is 17.2 Å². The van der Waals surface area contributed by atoms with Gasteiger partial charge in [0, 0.05) is 22.2 Å². The Hall–Kier alpha value is -2.14. The number of aromatic hydroxyl groups is 1. The molecule has 0 spiro atoms. The lowest BCUT2D eigenvalue weighted by molar-refractivity contribution is 0.271. The first-order valence-corrected chi connectivity index (χ1v) is 9.95. The Morgan fingerprint density at radius 3 is 2.78 bits per heavy atom. The highest BCUT2D eigenvalue weighted by Gasteiger charge is 2.15. The minimum absolute atomic E-state index is 0.00399. The van der Waals surface area contributed by atoms with Crippen molar-refractivity contribution in [3.63, 3.8) is 0 Å².